The Morgan fingerprint density at radius 3 is 2.25 bits per heavy atom. The van der Waals surface area contributed by atoms with Gasteiger partial charge in [0.15, 0.2) is 0 Å². The molecule has 2 heteroatoms. The maximum atomic E-state index is 6.20. The van der Waals surface area contributed by atoms with Crippen LogP contribution in [0, 0.1) is 0 Å². The van der Waals surface area contributed by atoms with E-state index in [1.807, 2.05) is 6.08 Å². The third kappa shape index (κ3) is 10.2. The van der Waals surface area contributed by atoms with Crippen LogP contribution in [0.15, 0.2) is 12.7 Å². The zero-order valence-electron chi connectivity index (χ0n) is 8.41. The molecular formula is C10H21ClSi. The molecule has 0 saturated carbocycles. The summed E-state index contributed by atoms with van der Waals surface area (Å²) in [5.74, 6) is 0. The Morgan fingerprint density at radius 1 is 1.17 bits per heavy atom. The highest BCUT2D eigenvalue weighted by molar-refractivity contribution is 7.19. The average Bonchev–Trinajstić information content (AvgIpc) is 1.94. The lowest BCUT2D eigenvalue weighted by Gasteiger charge is -2.11. The van der Waals surface area contributed by atoms with E-state index in [-0.39, 0.29) is 0 Å². The number of rotatable bonds is 7. The van der Waals surface area contributed by atoms with Gasteiger partial charge in [-0.05, 0) is 18.9 Å². The summed E-state index contributed by atoms with van der Waals surface area (Å²) < 4.78 is 0. The summed E-state index contributed by atoms with van der Waals surface area (Å²) in [6.07, 6.45) is 8.47. The Labute approximate surface area is 82.7 Å². The molecule has 72 valence electrons. The molecule has 0 aromatic carbocycles. The molecule has 12 heavy (non-hydrogen) atoms. The second kappa shape index (κ2) is 6.73. The molecule has 0 fully saturated rings. The van der Waals surface area contributed by atoms with Gasteiger partial charge in [-0.2, -0.15) is 11.1 Å². The number of hydrogen-bond acceptors (Lipinski definition) is 0. The van der Waals surface area contributed by atoms with Gasteiger partial charge in [0, 0.05) is 0 Å². The van der Waals surface area contributed by atoms with Crippen molar-refractivity contribution in [2.75, 3.05) is 0 Å². The summed E-state index contributed by atoms with van der Waals surface area (Å²) in [5.41, 5.74) is 0. The predicted molar refractivity (Wildman–Crippen MR) is 61.4 cm³/mol. The maximum absolute atomic E-state index is 6.20. The van der Waals surface area contributed by atoms with Crippen molar-refractivity contribution in [3.05, 3.63) is 12.7 Å². The van der Waals surface area contributed by atoms with Gasteiger partial charge >= 0.3 is 0 Å². The molecule has 0 aromatic rings. The van der Waals surface area contributed by atoms with Gasteiger partial charge in [0.25, 0.3) is 0 Å². The summed E-state index contributed by atoms with van der Waals surface area (Å²) in [6, 6.07) is 1.27. The fourth-order valence-electron chi connectivity index (χ4n) is 1.19. The summed E-state index contributed by atoms with van der Waals surface area (Å²) in [6.45, 7) is 8.14. The van der Waals surface area contributed by atoms with Gasteiger partial charge in [0.2, 0.25) is 0 Å². The Bertz CT molecular complexity index is 115. The van der Waals surface area contributed by atoms with E-state index in [4.69, 9.17) is 11.1 Å². The quantitative estimate of drug-likeness (QED) is 0.247. The van der Waals surface area contributed by atoms with Crippen LogP contribution < -0.4 is 0 Å². The van der Waals surface area contributed by atoms with Crippen LogP contribution in [0.25, 0.3) is 0 Å². The van der Waals surface area contributed by atoms with Crippen molar-refractivity contribution in [1.29, 1.82) is 0 Å². The second-order valence-corrected chi connectivity index (χ2v) is 11.0. The Morgan fingerprint density at radius 2 is 1.75 bits per heavy atom. The van der Waals surface area contributed by atoms with Crippen molar-refractivity contribution in [3.63, 3.8) is 0 Å². The van der Waals surface area contributed by atoms with Crippen LogP contribution in [0.5, 0.6) is 0 Å². The van der Waals surface area contributed by atoms with E-state index >= 15 is 0 Å². The van der Waals surface area contributed by atoms with Gasteiger partial charge in [0.1, 0.15) is 7.38 Å². The van der Waals surface area contributed by atoms with E-state index < -0.39 is 7.38 Å². The molecule has 0 unspecified atom stereocenters. The molecule has 0 saturated heterocycles. The minimum atomic E-state index is -1.27. The van der Waals surface area contributed by atoms with Crippen molar-refractivity contribution in [2.45, 2.75) is 51.2 Å². The van der Waals surface area contributed by atoms with Gasteiger partial charge in [-0.25, -0.2) is 0 Å². The highest BCUT2D eigenvalue weighted by Crippen LogP contribution is 2.18. The van der Waals surface area contributed by atoms with Crippen molar-refractivity contribution >= 4 is 18.5 Å². The lowest BCUT2D eigenvalue weighted by atomic mass is 10.1. The fourth-order valence-corrected chi connectivity index (χ4v) is 2.68. The molecular weight excluding hydrogens is 184 g/mol. The number of hydrogen-bond donors (Lipinski definition) is 0. The van der Waals surface area contributed by atoms with Gasteiger partial charge in [-0.15, -0.1) is 6.58 Å². The number of unbranched alkanes of at least 4 members (excludes halogenated alkanes) is 4. The molecule has 0 aromatic heterocycles. The summed E-state index contributed by atoms with van der Waals surface area (Å²) >= 11 is 6.20. The molecule has 0 N–H and O–H groups in total. The zero-order valence-corrected chi connectivity index (χ0v) is 10.2. The molecule has 0 atom stereocenters. The molecule has 0 aliphatic carbocycles. The smallest absolute Gasteiger partial charge is 0.150 e. The molecule has 0 aliphatic heterocycles. The first kappa shape index (κ1) is 12.2. The second-order valence-electron chi connectivity index (χ2n) is 3.96. The lowest BCUT2D eigenvalue weighted by Crippen LogP contribution is -2.14. The van der Waals surface area contributed by atoms with E-state index in [9.17, 15) is 0 Å². The fraction of sp³-hybridized carbons (Fsp3) is 0.800. The first-order valence-corrected chi connectivity index (χ1v) is 9.08. The van der Waals surface area contributed by atoms with Gasteiger partial charge in [-0.3, -0.25) is 0 Å². The van der Waals surface area contributed by atoms with Crippen molar-refractivity contribution in [1.82, 2.24) is 0 Å². The normalized spacial score (nSPS) is 11.6. The van der Waals surface area contributed by atoms with E-state index in [0.29, 0.717) is 0 Å². The van der Waals surface area contributed by atoms with Gasteiger partial charge in [0.05, 0.1) is 0 Å². The highest BCUT2D eigenvalue weighted by atomic mass is 35.6. The Hall–Kier alpha value is 0.247. The molecule has 0 heterocycles. The molecule has 0 radical (unpaired) electrons. The first-order chi connectivity index (χ1) is 5.56. The van der Waals surface area contributed by atoms with Gasteiger partial charge in [-0.1, -0.05) is 38.4 Å². The van der Waals surface area contributed by atoms with Crippen LogP contribution in [0.2, 0.25) is 19.1 Å². The summed E-state index contributed by atoms with van der Waals surface area (Å²) in [4.78, 5) is 0. The molecule has 0 bridgehead atoms. The first-order valence-electron chi connectivity index (χ1n) is 4.86. The van der Waals surface area contributed by atoms with Gasteiger partial charge < -0.3 is 0 Å². The molecule has 0 spiro atoms. The van der Waals surface area contributed by atoms with Crippen LogP contribution in [0.4, 0.5) is 0 Å². The monoisotopic (exact) mass is 204 g/mol. The Balaban J connectivity index is 3.06. The molecule has 0 amide bonds. The molecule has 0 nitrogen and oxygen atoms in total. The molecule has 0 rings (SSSR count). The number of allylic oxidation sites excluding steroid dienone is 1. The lowest BCUT2D eigenvalue weighted by molar-refractivity contribution is 0.672. The third-order valence-electron chi connectivity index (χ3n) is 1.93. The van der Waals surface area contributed by atoms with Crippen molar-refractivity contribution < 1.29 is 0 Å². The van der Waals surface area contributed by atoms with Crippen molar-refractivity contribution in [2.24, 2.45) is 0 Å². The van der Waals surface area contributed by atoms with E-state index in [2.05, 4.69) is 19.7 Å². The van der Waals surface area contributed by atoms with E-state index in [1.54, 1.807) is 0 Å². The molecule has 0 aliphatic rings. The summed E-state index contributed by atoms with van der Waals surface area (Å²) in [7, 11) is -1.27. The van der Waals surface area contributed by atoms with E-state index in [1.165, 1.54) is 38.1 Å². The van der Waals surface area contributed by atoms with Crippen LogP contribution in [0.3, 0.4) is 0 Å². The zero-order chi connectivity index (χ0) is 9.45. The highest BCUT2D eigenvalue weighted by Gasteiger charge is 2.15. The van der Waals surface area contributed by atoms with Crippen LogP contribution in [0.1, 0.15) is 32.1 Å². The third-order valence-corrected chi connectivity index (χ3v) is 4.04. The number of halogens is 1. The Kier molecular flexibility index (Phi) is 6.87. The van der Waals surface area contributed by atoms with Crippen molar-refractivity contribution in [3.8, 4) is 0 Å². The predicted octanol–water partition coefficient (Wildman–Crippen LogP) is 4.57. The van der Waals surface area contributed by atoms with Crippen LogP contribution in [-0.4, -0.2) is 7.38 Å². The maximum Gasteiger partial charge on any atom is 0.150 e. The largest absolute Gasteiger partial charge is 0.168 e. The standard InChI is InChI=1S/C10H21ClSi/c1-4-5-6-7-8-9-10-12(2,3)11/h4H,1,5-10H2,2-3H3. The van der Waals surface area contributed by atoms with Crippen LogP contribution in [-0.2, 0) is 0 Å². The van der Waals surface area contributed by atoms with E-state index in [0.717, 1.165) is 0 Å². The average molecular weight is 205 g/mol. The summed E-state index contributed by atoms with van der Waals surface area (Å²) in [5, 5.41) is 0. The SMILES string of the molecule is C=CCCCCCC[Si](C)(C)Cl. The minimum Gasteiger partial charge on any atom is -0.168 e. The topological polar surface area (TPSA) is 0 Å². The van der Waals surface area contributed by atoms with Crippen LogP contribution >= 0.6 is 11.1 Å². The minimum absolute atomic E-state index is 1.17.